The monoisotopic (exact) mass is 299 g/mol. The van der Waals surface area contributed by atoms with Crippen LogP contribution < -0.4 is 5.32 Å². The molecule has 0 aliphatic rings. The Morgan fingerprint density at radius 2 is 2.00 bits per heavy atom. The van der Waals surface area contributed by atoms with E-state index in [4.69, 9.17) is 5.11 Å². The quantitative estimate of drug-likeness (QED) is 0.818. The molecule has 1 aromatic carbocycles. The highest BCUT2D eigenvalue weighted by Crippen LogP contribution is 2.11. The number of amides is 1. The SMILES string of the molecule is CCCC(NC(=O)c1cccc(S(C)(=O)=O)c1)C(=O)O. The van der Waals surface area contributed by atoms with Crippen molar-refractivity contribution < 1.29 is 23.1 Å². The molecular weight excluding hydrogens is 282 g/mol. The van der Waals surface area contributed by atoms with Crippen molar-refractivity contribution in [1.82, 2.24) is 5.32 Å². The van der Waals surface area contributed by atoms with E-state index in [9.17, 15) is 18.0 Å². The van der Waals surface area contributed by atoms with Crippen LogP contribution in [0.15, 0.2) is 29.2 Å². The Balaban J connectivity index is 2.95. The Hall–Kier alpha value is -1.89. The summed E-state index contributed by atoms with van der Waals surface area (Å²) in [6, 6.07) is 4.52. The minimum absolute atomic E-state index is 0.0208. The molecule has 110 valence electrons. The molecule has 0 heterocycles. The summed E-state index contributed by atoms with van der Waals surface area (Å²) in [5.41, 5.74) is 0.121. The molecule has 1 aromatic rings. The van der Waals surface area contributed by atoms with Crippen LogP contribution in [0.25, 0.3) is 0 Å². The highest BCUT2D eigenvalue weighted by Gasteiger charge is 2.20. The van der Waals surface area contributed by atoms with Crippen molar-refractivity contribution in [3.63, 3.8) is 0 Å². The summed E-state index contributed by atoms with van der Waals surface area (Å²) >= 11 is 0. The van der Waals surface area contributed by atoms with E-state index in [1.54, 1.807) is 0 Å². The normalized spacial score (nSPS) is 12.7. The zero-order chi connectivity index (χ0) is 15.3. The Morgan fingerprint density at radius 1 is 1.35 bits per heavy atom. The van der Waals surface area contributed by atoms with Gasteiger partial charge in [-0.25, -0.2) is 13.2 Å². The molecule has 1 unspecified atom stereocenters. The minimum atomic E-state index is -3.41. The summed E-state index contributed by atoms with van der Waals surface area (Å²) in [5.74, 6) is -1.71. The van der Waals surface area contributed by atoms with E-state index >= 15 is 0 Å². The van der Waals surface area contributed by atoms with E-state index in [1.165, 1.54) is 24.3 Å². The average molecular weight is 299 g/mol. The van der Waals surface area contributed by atoms with E-state index in [-0.39, 0.29) is 10.5 Å². The second-order valence-electron chi connectivity index (χ2n) is 4.45. The maximum atomic E-state index is 11.9. The molecule has 0 fully saturated rings. The van der Waals surface area contributed by atoms with Crippen LogP contribution in [-0.4, -0.2) is 37.7 Å². The molecule has 6 nitrogen and oxygen atoms in total. The average Bonchev–Trinajstić information content (AvgIpc) is 2.37. The first kappa shape index (κ1) is 16.2. The number of carbonyl (C=O) groups excluding carboxylic acids is 1. The Morgan fingerprint density at radius 3 is 2.50 bits per heavy atom. The molecule has 2 N–H and O–H groups in total. The summed E-state index contributed by atoms with van der Waals surface area (Å²) in [5, 5.41) is 11.4. The van der Waals surface area contributed by atoms with Gasteiger partial charge in [-0.2, -0.15) is 0 Å². The van der Waals surface area contributed by atoms with Crippen LogP contribution in [0.3, 0.4) is 0 Å². The third kappa shape index (κ3) is 4.34. The lowest BCUT2D eigenvalue weighted by molar-refractivity contribution is -0.139. The van der Waals surface area contributed by atoms with Crippen LogP contribution in [0.2, 0.25) is 0 Å². The van der Waals surface area contributed by atoms with Crippen LogP contribution in [0.5, 0.6) is 0 Å². The molecule has 0 saturated heterocycles. The van der Waals surface area contributed by atoms with Crippen LogP contribution in [-0.2, 0) is 14.6 Å². The van der Waals surface area contributed by atoms with Gasteiger partial charge in [0.2, 0.25) is 0 Å². The zero-order valence-corrected chi connectivity index (χ0v) is 12.1. The van der Waals surface area contributed by atoms with E-state index in [2.05, 4.69) is 5.32 Å². The predicted octanol–water partition coefficient (Wildman–Crippen LogP) is 1.07. The van der Waals surface area contributed by atoms with Crippen molar-refractivity contribution in [3.8, 4) is 0 Å². The van der Waals surface area contributed by atoms with Gasteiger partial charge in [-0.1, -0.05) is 19.4 Å². The van der Waals surface area contributed by atoms with Crippen LogP contribution in [0.1, 0.15) is 30.1 Å². The lowest BCUT2D eigenvalue weighted by atomic mass is 10.1. The molecule has 20 heavy (non-hydrogen) atoms. The number of sulfone groups is 1. The summed E-state index contributed by atoms with van der Waals surface area (Å²) < 4.78 is 22.8. The van der Waals surface area contributed by atoms with E-state index in [0.29, 0.717) is 12.8 Å². The van der Waals surface area contributed by atoms with E-state index in [0.717, 1.165) is 6.26 Å². The third-order valence-electron chi connectivity index (χ3n) is 2.71. The number of aliphatic carboxylic acids is 1. The molecule has 7 heteroatoms. The molecular formula is C13H17NO5S. The van der Waals surface area contributed by atoms with Crippen LogP contribution in [0.4, 0.5) is 0 Å². The van der Waals surface area contributed by atoms with Crippen molar-refractivity contribution in [2.45, 2.75) is 30.7 Å². The molecule has 0 saturated carbocycles. The Kier molecular flexibility index (Phi) is 5.26. The van der Waals surface area contributed by atoms with Gasteiger partial charge >= 0.3 is 5.97 Å². The molecule has 0 spiro atoms. The Bertz CT molecular complexity index is 609. The fraction of sp³-hybridized carbons (Fsp3) is 0.385. The Labute approximate surface area is 117 Å². The van der Waals surface area contributed by atoms with Gasteiger partial charge in [0.1, 0.15) is 6.04 Å². The van der Waals surface area contributed by atoms with Gasteiger partial charge in [0.05, 0.1) is 4.90 Å². The van der Waals surface area contributed by atoms with Crippen LogP contribution >= 0.6 is 0 Å². The summed E-state index contributed by atoms with van der Waals surface area (Å²) in [6.45, 7) is 1.81. The van der Waals surface area contributed by atoms with Gasteiger partial charge in [-0.05, 0) is 24.6 Å². The highest BCUT2D eigenvalue weighted by molar-refractivity contribution is 7.90. The summed E-state index contributed by atoms with van der Waals surface area (Å²) in [4.78, 5) is 22.9. The second kappa shape index (κ2) is 6.51. The first-order valence-corrected chi connectivity index (χ1v) is 7.98. The van der Waals surface area contributed by atoms with Gasteiger partial charge in [0.15, 0.2) is 9.84 Å². The minimum Gasteiger partial charge on any atom is -0.480 e. The van der Waals surface area contributed by atoms with Gasteiger partial charge in [0, 0.05) is 11.8 Å². The van der Waals surface area contributed by atoms with Crippen molar-refractivity contribution in [3.05, 3.63) is 29.8 Å². The highest BCUT2D eigenvalue weighted by atomic mass is 32.2. The van der Waals surface area contributed by atoms with Crippen molar-refractivity contribution in [1.29, 1.82) is 0 Å². The predicted molar refractivity (Wildman–Crippen MR) is 73.3 cm³/mol. The molecule has 1 atom stereocenters. The smallest absolute Gasteiger partial charge is 0.326 e. The number of rotatable bonds is 6. The third-order valence-corrected chi connectivity index (χ3v) is 3.82. The fourth-order valence-electron chi connectivity index (χ4n) is 1.66. The van der Waals surface area contributed by atoms with Gasteiger partial charge in [-0.3, -0.25) is 4.79 Å². The molecule has 0 radical (unpaired) electrons. The molecule has 1 rings (SSSR count). The summed E-state index contributed by atoms with van der Waals surface area (Å²) in [6.07, 6.45) is 1.97. The van der Waals surface area contributed by atoms with Crippen molar-refractivity contribution >= 4 is 21.7 Å². The number of benzene rings is 1. The van der Waals surface area contributed by atoms with Crippen LogP contribution in [0, 0.1) is 0 Å². The lowest BCUT2D eigenvalue weighted by Gasteiger charge is -2.13. The molecule has 0 aliphatic heterocycles. The largest absolute Gasteiger partial charge is 0.480 e. The number of carboxylic acid groups (broad SMARTS) is 1. The molecule has 1 amide bonds. The number of hydrogen-bond acceptors (Lipinski definition) is 4. The lowest BCUT2D eigenvalue weighted by Crippen LogP contribution is -2.40. The number of nitrogens with one attached hydrogen (secondary N) is 1. The van der Waals surface area contributed by atoms with E-state index < -0.39 is 27.8 Å². The zero-order valence-electron chi connectivity index (χ0n) is 11.3. The summed E-state index contributed by atoms with van der Waals surface area (Å²) in [7, 11) is -3.41. The standard InChI is InChI=1S/C13H17NO5S/c1-3-5-11(13(16)17)14-12(15)9-6-4-7-10(8-9)20(2,18)19/h4,6-8,11H,3,5H2,1-2H3,(H,14,15)(H,16,17). The van der Waals surface area contributed by atoms with Crippen molar-refractivity contribution in [2.24, 2.45) is 0 Å². The van der Waals surface area contributed by atoms with Gasteiger partial charge in [-0.15, -0.1) is 0 Å². The second-order valence-corrected chi connectivity index (χ2v) is 6.47. The maximum absolute atomic E-state index is 11.9. The first-order valence-electron chi connectivity index (χ1n) is 6.09. The number of carboxylic acids is 1. The molecule has 0 bridgehead atoms. The first-order chi connectivity index (χ1) is 9.25. The van der Waals surface area contributed by atoms with Gasteiger partial charge < -0.3 is 10.4 Å². The number of hydrogen-bond donors (Lipinski definition) is 2. The molecule has 0 aromatic heterocycles. The molecule has 0 aliphatic carbocycles. The topological polar surface area (TPSA) is 101 Å². The van der Waals surface area contributed by atoms with Crippen molar-refractivity contribution in [2.75, 3.05) is 6.26 Å². The van der Waals surface area contributed by atoms with Gasteiger partial charge in [0.25, 0.3) is 5.91 Å². The maximum Gasteiger partial charge on any atom is 0.326 e. The fourth-order valence-corrected chi connectivity index (χ4v) is 2.32. The number of carbonyl (C=O) groups is 2. The van der Waals surface area contributed by atoms with E-state index in [1.807, 2.05) is 6.92 Å².